The first-order chi connectivity index (χ1) is 14.1. The van der Waals surface area contributed by atoms with Crippen molar-refractivity contribution < 1.29 is 14.6 Å². The molecule has 0 unspecified atom stereocenters. The van der Waals surface area contributed by atoms with Crippen molar-refractivity contribution >= 4 is 11.6 Å². The highest BCUT2D eigenvalue weighted by molar-refractivity contribution is 5.99. The van der Waals surface area contributed by atoms with Crippen LogP contribution in [0.5, 0.6) is 11.8 Å². The van der Waals surface area contributed by atoms with Crippen LogP contribution in [0, 0.1) is 0 Å². The number of aliphatic hydroxyl groups excluding tert-OH is 1. The molecule has 7 nitrogen and oxygen atoms in total. The van der Waals surface area contributed by atoms with Gasteiger partial charge in [-0.05, 0) is 56.0 Å². The molecule has 3 aromatic rings. The maximum absolute atomic E-state index is 11.9. The predicted octanol–water partition coefficient (Wildman–Crippen LogP) is 3.48. The van der Waals surface area contributed by atoms with E-state index in [-0.39, 0.29) is 12.1 Å². The van der Waals surface area contributed by atoms with Crippen LogP contribution in [0.3, 0.4) is 0 Å². The van der Waals surface area contributed by atoms with Crippen LogP contribution < -0.4 is 15.8 Å². The van der Waals surface area contributed by atoms with E-state index in [0.29, 0.717) is 23.0 Å². The van der Waals surface area contributed by atoms with Gasteiger partial charge in [-0.15, -0.1) is 0 Å². The minimum Gasteiger partial charge on any atom is -0.422 e. The number of hydrogen-bond donors (Lipinski definition) is 3. The molecule has 1 aliphatic rings. The number of primary amides is 1. The third kappa shape index (κ3) is 4.41. The van der Waals surface area contributed by atoms with Gasteiger partial charge in [-0.3, -0.25) is 9.36 Å². The highest BCUT2D eigenvalue weighted by atomic mass is 16.5. The van der Waals surface area contributed by atoms with Gasteiger partial charge in [0.25, 0.3) is 5.91 Å². The molecule has 2 aromatic heterocycles. The Bertz CT molecular complexity index is 979. The number of anilines is 1. The van der Waals surface area contributed by atoms with E-state index in [1.165, 1.54) is 0 Å². The summed E-state index contributed by atoms with van der Waals surface area (Å²) in [5.41, 5.74) is 7.55. The molecule has 4 N–H and O–H groups in total. The molecule has 0 radical (unpaired) electrons. The fraction of sp³-hybridized carbons (Fsp3) is 0.273. The summed E-state index contributed by atoms with van der Waals surface area (Å²) in [6.45, 7) is 0. The molecule has 7 heteroatoms. The minimum atomic E-state index is -0.479. The first-order valence-corrected chi connectivity index (χ1v) is 9.75. The van der Waals surface area contributed by atoms with E-state index >= 15 is 0 Å². The van der Waals surface area contributed by atoms with Crippen molar-refractivity contribution in [2.75, 3.05) is 5.32 Å². The number of hydrogen-bond acceptors (Lipinski definition) is 5. The molecule has 2 heterocycles. The summed E-state index contributed by atoms with van der Waals surface area (Å²) in [4.78, 5) is 16.1. The predicted molar refractivity (Wildman–Crippen MR) is 110 cm³/mol. The molecule has 0 spiro atoms. The highest BCUT2D eigenvalue weighted by Crippen LogP contribution is 2.29. The maximum Gasteiger partial charge on any atom is 0.250 e. The smallest absolute Gasteiger partial charge is 0.250 e. The van der Waals surface area contributed by atoms with E-state index in [2.05, 4.69) is 10.3 Å². The molecule has 1 aliphatic carbocycles. The van der Waals surface area contributed by atoms with E-state index in [1.54, 1.807) is 18.3 Å². The van der Waals surface area contributed by atoms with Crippen molar-refractivity contribution in [1.82, 2.24) is 9.55 Å². The number of nitrogens with zero attached hydrogens (tertiary/aromatic N) is 2. The van der Waals surface area contributed by atoms with Crippen LogP contribution in [0.15, 0.2) is 60.9 Å². The largest absolute Gasteiger partial charge is 0.422 e. The molecule has 0 bridgehead atoms. The first kappa shape index (κ1) is 19.0. The molecule has 0 aliphatic heterocycles. The minimum absolute atomic E-state index is 0.195. The number of carbonyl (C=O) groups excluding carboxylic acids is 1. The molecular weight excluding hydrogens is 368 g/mol. The van der Waals surface area contributed by atoms with E-state index in [4.69, 9.17) is 10.5 Å². The fourth-order valence-electron chi connectivity index (χ4n) is 3.63. The Morgan fingerprint density at radius 3 is 2.69 bits per heavy atom. The molecule has 0 saturated heterocycles. The highest BCUT2D eigenvalue weighted by Gasteiger charge is 2.21. The van der Waals surface area contributed by atoms with Gasteiger partial charge in [0.15, 0.2) is 0 Å². The van der Waals surface area contributed by atoms with Crippen molar-refractivity contribution in [3.05, 3.63) is 66.5 Å². The average Bonchev–Trinajstić information content (AvgIpc) is 3.18. The van der Waals surface area contributed by atoms with E-state index in [1.807, 2.05) is 47.2 Å². The lowest BCUT2D eigenvalue weighted by atomic mass is 9.92. The van der Waals surface area contributed by atoms with Gasteiger partial charge in [-0.2, -0.15) is 0 Å². The number of nitrogens with one attached hydrogen (secondary N) is 1. The number of ether oxygens (including phenoxy) is 1. The average molecular weight is 392 g/mol. The Kier molecular flexibility index (Phi) is 5.48. The second-order valence-corrected chi connectivity index (χ2v) is 7.23. The van der Waals surface area contributed by atoms with Crippen molar-refractivity contribution in [3.63, 3.8) is 0 Å². The summed E-state index contributed by atoms with van der Waals surface area (Å²) >= 11 is 0. The van der Waals surface area contributed by atoms with Crippen molar-refractivity contribution in [3.8, 4) is 17.4 Å². The Morgan fingerprint density at radius 2 is 1.97 bits per heavy atom. The van der Waals surface area contributed by atoms with Crippen LogP contribution in [-0.4, -0.2) is 32.7 Å². The Labute approximate surface area is 169 Å². The zero-order valence-electron chi connectivity index (χ0n) is 16.0. The SMILES string of the molecule is NC(=O)c1ccc(-n2cccc2Oc2ccccn2)cc1N[C@H]1CC[C@H](O)CC1. The lowest BCUT2D eigenvalue weighted by molar-refractivity contribution is 0.100. The zero-order valence-corrected chi connectivity index (χ0v) is 16.0. The summed E-state index contributed by atoms with van der Waals surface area (Å²) in [6.07, 6.45) is 6.53. The van der Waals surface area contributed by atoms with Gasteiger partial charge in [0, 0.05) is 36.3 Å². The summed E-state index contributed by atoms with van der Waals surface area (Å²) in [5.74, 6) is 0.634. The lowest BCUT2D eigenvalue weighted by Crippen LogP contribution is -2.29. The lowest BCUT2D eigenvalue weighted by Gasteiger charge is -2.28. The van der Waals surface area contributed by atoms with Crippen LogP contribution in [-0.2, 0) is 0 Å². The number of benzene rings is 1. The van der Waals surface area contributed by atoms with Gasteiger partial charge >= 0.3 is 0 Å². The van der Waals surface area contributed by atoms with Crippen LogP contribution >= 0.6 is 0 Å². The molecule has 150 valence electrons. The number of nitrogens with two attached hydrogens (primary N) is 1. The number of pyridine rings is 1. The molecule has 4 rings (SSSR count). The molecule has 1 aromatic carbocycles. The second-order valence-electron chi connectivity index (χ2n) is 7.23. The number of amides is 1. The number of rotatable bonds is 6. The summed E-state index contributed by atoms with van der Waals surface area (Å²) < 4.78 is 7.78. The van der Waals surface area contributed by atoms with E-state index in [9.17, 15) is 9.90 Å². The van der Waals surface area contributed by atoms with Crippen molar-refractivity contribution in [2.24, 2.45) is 5.73 Å². The van der Waals surface area contributed by atoms with Crippen LogP contribution in [0.1, 0.15) is 36.0 Å². The van der Waals surface area contributed by atoms with E-state index in [0.717, 1.165) is 31.4 Å². The van der Waals surface area contributed by atoms with Crippen molar-refractivity contribution in [2.45, 2.75) is 37.8 Å². The van der Waals surface area contributed by atoms with Gasteiger partial charge in [0.05, 0.1) is 17.4 Å². The van der Waals surface area contributed by atoms with Crippen LogP contribution in [0.4, 0.5) is 5.69 Å². The third-order valence-electron chi connectivity index (χ3n) is 5.16. The van der Waals surface area contributed by atoms with Crippen LogP contribution in [0.2, 0.25) is 0 Å². The molecule has 1 fully saturated rings. The molecular formula is C22H24N4O3. The first-order valence-electron chi connectivity index (χ1n) is 9.75. The zero-order chi connectivity index (χ0) is 20.2. The Balaban J connectivity index is 1.62. The Morgan fingerprint density at radius 1 is 1.14 bits per heavy atom. The third-order valence-corrected chi connectivity index (χ3v) is 5.16. The van der Waals surface area contributed by atoms with Gasteiger partial charge in [0.2, 0.25) is 11.8 Å². The maximum atomic E-state index is 11.9. The second kappa shape index (κ2) is 8.36. The van der Waals surface area contributed by atoms with Gasteiger partial charge in [-0.1, -0.05) is 6.07 Å². The Hall–Kier alpha value is -3.32. The molecule has 29 heavy (non-hydrogen) atoms. The standard InChI is InChI=1S/C22H24N4O3/c23-22(28)18-11-8-16(14-19(18)25-15-6-9-17(27)10-7-15)26-13-3-5-21(26)29-20-4-1-2-12-24-20/h1-5,8,11-15,17,25,27H,6-7,9-10H2,(H2,23,28)/t15-,17-. The normalized spacial score (nSPS) is 18.9. The summed E-state index contributed by atoms with van der Waals surface area (Å²) in [6, 6.07) is 14.9. The van der Waals surface area contributed by atoms with Gasteiger partial charge in [-0.25, -0.2) is 4.98 Å². The molecule has 1 saturated carbocycles. The number of aliphatic hydroxyl groups is 1. The summed E-state index contributed by atoms with van der Waals surface area (Å²) in [5, 5.41) is 13.2. The summed E-state index contributed by atoms with van der Waals surface area (Å²) in [7, 11) is 0. The number of aromatic nitrogens is 2. The fourth-order valence-corrected chi connectivity index (χ4v) is 3.63. The quantitative estimate of drug-likeness (QED) is 0.596. The topological polar surface area (TPSA) is 102 Å². The van der Waals surface area contributed by atoms with Crippen LogP contribution in [0.25, 0.3) is 5.69 Å². The van der Waals surface area contributed by atoms with Gasteiger partial charge in [0.1, 0.15) is 0 Å². The van der Waals surface area contributed by atoms with Gasteiger partial charge < -0.3 is 20.9 Å². The number of carbonyl (C=O) groups is 1. The van der Waals surface area contributed by atoms with Crippen molar-refractivity contribution in [1.29, 1.82) is 0 Å². The monoisotopic (exact) mass is 392 g/mol. The van der Waals surface area contributed by atoms with E-state index < -0.39 is 5.91 Å². The molecule has 0 atom stereocenters. The molecule has 1 amide bonds.